The van der Waals surface area contributed by atoms with Gasteiger partial charge >= 0.3 is 6.03 Å². The highest BCUT2D eigenvalue weighted by molar-refractivity contribution is 6.09. The number of amides is 5. The Labute approximate surface area is 154 Å². The first-order chi connectivity index (χ1) is 13.0. The van der Waals surface area contributed by atoms with E-state index in [1.165, 1.54) is 12.1 Å². The number of carbonyl (C=O) groups is 4. The predicted molar refractivity (Wildman–Crippen MR) is 89.6 cm³/mol. The third-order valence-electron chi connectivity index (χ3n) is 4.95. The van der Waals surface area contributed by atoms with Crippen LogP contribution in [0.4, 0.5) is 4.79 Å². The maximum Gasteiger partial charge on any atom is 0.325 e. The van der Waals surface area contributed by atoms with E-state index in [1.54, 1.807) is 6.07 Å². The fraction of sp³-hybridized carbons (Fsp3) is 0.412. The lowest BCUT2D eigenvalue weighted by Crippen LogP contribution is -2.48. The zero-order valence-corrected chi connectivity index (χ0v) is 14.4. The molecular weight excluding hydrogens is 356 g/mol. The molecule has 1 aromatic rings. The van der Waals surface area contributed by atoms with Crippen molar-refractivity contribution in [3.63, 3.8) is 0 Å². The molecule has 27 heavy (non-hydrogen) atoms. The standard InChI is InChI=1S/C17H18N4O6/c22-13(8-21-15(24)17(18-16(21)25)5-1-2-6-17)19-20-14(23)10-3-4-11-12(7-10)27-9-26-11/h3-4,7H,1-2,5-6,8-9H2,(H,18,25)(H,19,22)(H,20,23). The topological polar surface area (TPSA) is 126 Å². The third kappa shape index (κ3) is 3.03. The maximum atomic E-state index is 12.5. The number of benzene rings is 1. The molecule has 3 N–H and O–H groups in total. The largest absolute Gasteiger partial charge is 0.454 e. The van der Waals surface area contributed by atoms with Crippen LogP contribution in [0, 0.1) is 0 Å². The molecule has 0 atom stereocenters. The molecule has 2 heterocycles. The summed E-state index contributed by atoms with van der Waals surface area (Å²) in [6.45, 7) is -0.377. The number of nitrogens with zero attached hydrogens (tertiary/aromatic N) is 1. The molecule has 4 rings (SSSR count). The normalized spacial score (nSPS) is 19.3. The fourth-order valence-electron chi connectivity index (χ4n) is 3.56. The first-order valence-electron chi connectivity index (χ1n) is 8.61. The molecule has 10 nitrogen and oxygen atoms in total. The summed E-state index contributed by atoms with van der Waals surface area (Å²) in [4.78, 5) is 49.6. The first-order valence-corrected chi connectivity index (χ1v) is 8.61. The van der Waals surface area contributed by atoms with Crippen LogP contribution in [0.5, 0.6) is 11.5 Å². The predicted octanol–water partition coefficient (Wildman–Crippen LogP) is 0.0409. The average molecular weight is 374 g/mol. The molecule has 1 aliphatic carbocycles. The van der Waals surface area contributed by atoms with Gasteiger partial charge in [-0.05, 0) is 31.0 Å². The van der Waals surface area contributed by atoms with Crippen LogP contribution in [-0.4, -0.2) is 47.5 Å². The second-order valence-electron chi connectivity index (χ2n) is 6.68. The van der Waals surface area contributed by atoms with Crippen molar-refractivity contribution in [1.82, 2.24) is 21.1 Å². The number of fused-ring (bicyclic) bond motifs is 1. The number of imide groups is 1. The molecule has 1 saturated heterocycles. The summed E-state index contributed by atoms with van der Waals surface area (Å²) in [5, 5.41) is 2.69. The number of hydrazine groups is 1. The van der Waals surface area contributed by atoms with Crippen molar-refractivity contribution >= 4 is 23.8 Å². The lowest BCUT2D eigenvalue weighted by Gasteiger charge is -2.19. The van der Waals surface area contributed by atoms with Gasteiger partial charge in [-0.2, -0.15) is 0 Å². The van der Waals surface area contributed by atoms with Gasteiger partial charge in [0.25, 0.3) is 17.7 Å². The molecule has 1 saturated carbocycles. The third-order valence-corrected chi connectivity index (χ3v) is 4.95. The average Bonchev–Trinajstić information content (AvgIpc) is 3.36. The summed E-state index contributed by atoms with van der Waals surface area (Å²) in [5.41, 5.74) is 3.86. The summed E-state index contributed by atoms with van der Waals surface area (Å²) in [5.74, 6) is -0.652. The van der Waals surface area contributed by atoms with Crippen molar-refractivity contribution in [2.75, 3.05) is 13.3 Å². The quantitative estimate of drug-likeness (QED) is 0.507. The molecule has 10 heteroatoms. The Balaban J connectivity index is 1.32. The lowest BCUT2D eigenvalue weighted by atomic mass is 9.98. The van der Waals surface area contributed by atoms with E-state index >= 15 is 0 Å². The molecular formula is C17H18N4O6. The van der Waals surface area contributed by atoms with E-state index in [4.69, 9.17) is 9.47 Å². The van der Waals surface area contributed by atoms with E-state index in [0.29, 0.717) is 24.3 Å². The molecule has 1 aromatic carbocycles. The summed E-state index contributed by atoms with van der Waals surface area (Å²) in [7, 11) is 0. The minimum Gasteiger partial charge on any atom is -0.454 e. The zero-order chi connectivity index (χ0) is 19.0. The van der Waals surface area contributed by atoms with Gasteiger partial charge in [-0.3, -0.25) is 30.1 Å². The SMILES string of the molecule is O=C(CN1C(=O)NC2(CCCC2)C1=O)NNC(=O)c1ccc2c(c1)OCO2. The maximum absolute atomic E-state index is 12.5. The fourth-order valence-corrected chi connectivity index (χ4v) is 3.56. The van der Waals surface area contributed by atoms with Crippen LogP contribution in [0.2, 0.25) is 0 Å². The summed E-state index contributed by atoms with van der Waals surface area (Å²) >= 11 is 0. The summed E-state index contributed by atoms with van der Waals surface area (Å²) < 4.78 is 10.4. The summed E-state index contributed by atoms with van der Waals surface area (Å²) in [6.07, 6.45) is 2.88. The van der Waals surface area contributed by atoms with Gasteiger partial charge in [0.15, 0.2) is 11.5 Å². The Bertz CT molecular complexity index is 833. The molecule has 2 fully saturated rings. The number of rotatable bonds is 3. The van der Waals surface area contributed by atoms with Crippen LogP contribution in [0.3, 0.4) is 0 Å². The van der Waals surface area contributed by atoms with Gasteiger partial charge in [0.2, 0.25) is 6.79 Å². The van der Waals surface area contributed by atoms with Crippen molar-refractivity contribution < 1.29 is 28.7 Å². The van der Waals surface area contributed by atoms with E-state index in [1.807, 2.05) is 0 Å². The lowest BCUT2D eigenvalue weighted by molar-refractivity contribution is -0.135. The first kappa shape index (κ1) is 17.1. The van der Waals surface area contributed by atoms with Gasteiger partial charge < -0.3 is 14.8 Å². The molecule has 0 bridgehead atoms. The van der Waals surface area contributed by atoms with Crippen LogP contribution < -0.4 is 25.6 Å². The van der Waals surface area contributed by atoms with Crippen LogP contribution >= 0.6 is 0 Å². The molecule has 0 unspecified atom stereocenters. The van der Waals surface area contributed by atoms with Gasteiger partial charge in [0, 0.05) is 5.56 Å². The van der Waals surface area contributed by atoms with Gasteiger partial charge in [0.05, 0.1) is 0 Å². The minimum atomic E-state index is -0.868. The number of carbonyl (C=O) groups excluding carboxylic acids is 4. The molecule has 2 aliphatic heterocycles. The molecule has 5 amide bonds. The molecule has 1 spiro atoms. The zero-order valence-electron chi connectivity index (χ0n) is 14.4. The highest BCUT2D eigenvalue weighted by Crippen LogP contribution is 2.35. The van der Waals surface area contributed by atoms with Crippen LogP contribution in [-0.2, 0) is 9.59 Å². The molecule has 142 valence electrons. The number of urea groups is 1. The van der Waals surface area contributed by atoms with Crippen molar-refractivity contribution in [2.45, 2.75) is 31.2 Å². The van der Waals surface area contributed by atoms with Crippen LogP contribution in [0.15, 0.2) is 18.2 Å². The monoisotopic (exact) mass is 374 g/mol. The Kier molecular flexibility index (Phi) is 4.09. The highest BCUT2D eigenvalue weighted by atomic mass is 16.7. The van der Waals surface area contributed by atoms with Gasteiger partial charge in [-0.1, -0.05) is 12.8 Å². The molecule has 3 aliphatic rings. The smallest absolute Gasteiger partial charge is 0.325 e. The number of nitrogens with one attached hydrogen (secondary N) is 3. The van der Waals surface area contributed by atoms with E-state index in [0.717, 1.165) is 17.7 Å². The summed E-state index contributed by atoms with van der Waals surface area (Å²) in [6, 6.07) is 4.02. The van der Waals surface area contributed by atoms with Crippen molar-refractivity contribution in [3.05, 3.63) is 23.8 Å². The van der Waals surface area contributed by atoms with Crippen LogP contribution in [0.1, 0.15) is 36.0 Å². The van der Waals surface area contributed by atoms with Crippen LogP contribution in [0.25, 0.3) is 0 Å². The Morgan fingerprint density at radius 3 is 2.63 bits per heavy atom. The highest BCUT2D eigenvalue weighted by Gasteiger charge is 2.52. The van der Waals surface area contributed by atoms with Gasteiger partial charge in [-0.15, -0.1) is 0 Å². The van der Waals surface area contributed by atoms with E-state index in [-0.39, 0.29) is 18.3 Å². The Morgan fingerprint density at radius 2 is 1.85 bits per heavy atom. The minimum absolute atomic E-state index is 0.0879. The van der Waals surface area contributed by atoms with E-state index in [2.05, 4.69) is 16.2 Å². The van der Waals surface area contributed by atoms with E-state index < -0.39 is 29.9 Å². The number of hydrogen-bond acceptors (Lipinski definition) is 6. The second kappa shape index (κ2) is 6.45. The van der Waals surface area contributed by atoms with Crippen molar-refractivity contribution in [1.29, 1.82) is 0 Å². The molecule has 0 aromatic heterocycles. The second-order valence-corrected chi connectivity index (χ2v) is 6.68. The van der Waals surface area contributed by atoms with Gasteiger partial charge in [-0.25, -0.2) is 4.79 Å². The van der Waals surface area contributed by atoms with Gasteiger partial charge in [0.1, 0.15) is 12.1 Å². The number of hydrogen-bond donors (Lipinski definition) is 3. The Morgan fingerprint density at radius 1 is 1.11 bits per heavy atom. The van der Waals surface area contributed by atoms with Crippen molar-refractivity contribution in [2.24, 2.45) is 0 Å². The van der Waals surface area contributed by atoms with Crippen molar-refractivity contribution in [3.8, 4) is 11.5 Å². The molecule has 0 radical (unpaired) electrons. The number of ether oxygens (including phenoxy) is 2. The Hall–Kier alpha value is -3.30. The van der Waals surface area contributed by atoms with E-state index in [9.17, 15) is 19.2 Å².